The van der Waals surface area contributed by atoms with Crippen LogP contribution in [-0.4, -0.2) is 4.98 Å². The smallest absolute Gasteiger partial charge is 0.0705 e. The highest BCUT2D eigenvalue weighted by Gasteiger charge is 2.10. The molecule has 0 spiro atoms. The minimum Gasteiger partial charge on any atom is -0.320 e. The van der Waals surface area contributed by atoms with E-state index in [4.69, 9.17) is 17.3 Å². The first-order valence-corrected chi connectivity index (χ1v) is 6.47. The van der Waals surface area contributed by atoms with Crippen molar-refractivity contribution < 1.29 is 0 Å². The zero-order valence-corrected chi connectivity index (χ0v) is 11.0. The predicted molar refractivity (Wildman–Crippen MR) is 79.2 cm³/mol. The summed E-state index contributed by atoms with van der Waals surface area (Å²) in [7, 11) is 0. The maximum atomic E-state index is 6.29. The lowest BCUT2D eigenvalue weighted by molar-refractivity contribution is 0.873. The topological polar surface area (TPSA) is 38.9 Å². The average molecular weight is 269 g/mol. The van der Waals surface area contributed by atoms with Gasteiger partial charge in [-0.1, -0.05) is 41.9 Å². The van der Waals surface area contributed by atoms with Gasteiger partial charge in [0.25, 0.3) is 0 Å². The van der Waals surface area contributed by atoms with Crippen molar-refractivity contribution in [2.24, 2.45) is 5.73 Å². The Bertz CT molecular complexity index is 725. The summed E-state index contributed by atoms with van der Waals surface area (Å²) in [4.78, 5) is 4.35. The van der Waals surface area contributed by atoms with Gasteiger partial charge in [0.15, 0.2) is 0 Å². The quantitative estimate of drug-likeness (QED) is 0.765. The highest BCUT2D eigenvalue weighted by Crippen LogP contribution is 2.24. The molecular formula is C16H13ClN2. The number of nitrogens with zero attached hydrogens (tertiary/aromatic N) is 1. The minimum absolute atomic E-state index is 0.190. The Morgan fingerprint density at radius 1 is 0.947 bits per heavy atom. The molecule has 2 N–H and O–H groups in total. The lowest BCUT2D eigenvalue weighted by Gasteiger charge is -2.13. The molecule has 1 atom stereocenters. The van der Waals surface area contributed by atoms with Crippen LogP contribution in [0.3, 0.4) is 0 Å². The Kier molecular flexibility index (Phi) is 3.20. The van der Waals surface area contributed by atoms with Gasteiger partial charge in [0.05, 0.1) is 11.6 Å². The largest absolute Gasteiger partial charge is 0.320 e. The maximum absolute atomic E-state index is 6.29. The number of nitrogens with two attached hydrogens (primary N) is 1. The van der Waals surface area contributed by atoms with Crippen LogP contribution in [0.1, 0.15) is 17.2 Å². The van der Waals surface area contributed by atoms with Crippen LogP contribution in [0.5, 0.6) is 0 Å². The first-order chi connectivity index (χ1) is 9.24. The van der Waals surface area contributed by atoms with Crippen molar-refractivity contribution in [2.75, 3.05) is 0 Å². The molecule has 2 nitrogen and oxygen atoms in total. The summed E-state index contributed by atoms with van der Waals surface area (Å²) in [5.74, 6) is 0. The number of fused-ring (bicyclic) bond motifs is 1. The van der Waals surface area contributed by atoms with E-state index in [-0.39, 0.29) is 6.04 Å². The van der Waals surface area contributed by atoms with Gasteiger partial charge >= 0.3 is 0 Å². The normalized spacial score (nSPS) is 12.5. The van der Waals surface area contributed by atoms with E-state index in [9.17, 15) is 0 Å². The molecule has 0 saturated carbocycles. The van der Waals surface area contributed by atoms with Crippen molar-refractivity contribution in [3.8, 4) is 0 Å². The van der Waals surface area contributed by atoms with Gasteiger partial charge in [0.2, 0.25) is 0 Å². The van der Waals surface area contributed by atoms with Gasteiger partial charge in [-0.2, -0.15) is 0 Å². The second-order valence-corrected chi connectivity index (χ2v) is 4.92. The summed E-state index contributed by atoms with van der Waals surface area (Å²) >= 11 is 6.00. The van der Waals surface area contributed by atoms with Crippen LogP contribution in [0, 0.1) is 0 Å². The fraction of sp³-hybridized carbons (Fsp3) is 0.0625. The van der Waals surface area contributed by atoms with Crippen LogP contribution in [0.4, 0.5) is 0 Å². The van der Waals surface area contributed by atoms with Gasteiger partial charge in [0.1, 0.15) is 0 Å². The molecule has 0 aliphatic carbocycles. The van der Waals surface area contributed by atoms with Gasteiger partial charge in [-0.05, 0) is 35.4 Å². The Morgan fingerprint density at radius 2 is 1.79 bits per heavy atom. The standard InChI is InChI=1S/C16H13ClN2/c17-14-5-1-3-12(9-14)16(18)13-7-6-11-4-2-8-19-15(11)10-13/h1-10,16H,18H2. The molecular weight excluding hydrogens is 256 g/mol. The molecule has 2 aromatic carbocycles. The lowest BCUT2D eigenvalue weighted by Crippen LogP contribution is -2.11. The average Bonchev–Trinajstić information content (AvgIpc) is 2.46. The van der Waals surface area contributed by atoms with Gasteiger partial charge in [0, 0.05) is 16.6 Å². The molecule has 3 rings (SSSR count). The third-order valence-electron chi connectivity index (χ3n) is 3.20. The molecule has 0 fully saturated rings. The molecule has 0 amide bonds. The number of pyridine rings is 1. The van der Waals surface area contributed by atoms with E-state index in [0.29, 0.717) is 5.02 Å². The molecule has 1 heterocycles. The van der Waals surface area contributed by atoms with Crippen LogP contribution in [0.15, 0.2) is 60.8 Å². The molecule has 3 aromatic rings. The number of benzene rings is 2. The van der Waals surface area contributed by atoms with Crippen molar-refractivity contribution in [1.82, 2.24) is 4.98 Å². The van der Waals surface area contributed by atoms with Crippen molar-refractivity contribution in [1.29, 1.82) is 0 Å². The van der Waals surface area contributed by atoms with E-state index in [1.165, 1.54) is 0 Å². The lowest BCUT2D eigenvalue weighted by atomic mass is 9.98. The van der Waals surface area contributed by atoms with Crippen LogP contribution in [-0.2, 0) is 0 Å². The Morgan fingerprint density at radius 3 is 2.63 bits per heavy atom. The monoisotopic (exact) mass is 268 g/mol. The maximum Gasteiger partial charge on any atom is 0.0705 e. The van der Waals surface area contributed by atoms with E-state index in [1.807, 2.05) is 54.6 Å². The summed E-state index contributed by atoms with van der Waals surface area (Å²) in [6.45, 7) is 0. The van der Waals surface area contributed by atoms with E-state index in [2.05, 4.69) is 4.98 Å². The van der Waals surface area contributed by atoms with E-state index < -0.39 is 0 Å². The van der Waals surface area contributed by atoms with Gasteiger partial charge < -0.3 is 5.73 Å². The fourth-order valence-corrected chi connectivity index (χ4v) is 2.37. The Balaban J connectivity index is 2.04. The first-order valence-electron chi connectivity index (χ1n) is 6.10. The molecule has 19 heavy (non-hydrogen) atoms. The molecule has 0 bridgehead atoms. The highest BCUT2D eigenvalue weighted by molar-refractivity contribution is 6.30. The Hall–Kier alpha value is -1.90. The number of halogens is 1. The molecule has 1 unspecified atom stereocenters. The molecule has 0 aliphatic rings. The minimum atomic E-state index is -0.190. The molecule has 0 aliphatic heterocycles. The van der Waals surface area contributed by atoms with E-state index in [1.54, 1.807) is 6.20 Å². The number of rotatable bonds is 2. The first kappa shape index (κ1) is 12.2. The summed E-state index contributed by atoms with van der Waals surface area (Å²) in [6, 6.07) is 17.5. The third kappa shape index (κ3) is 2.46. The van der Waals surface area contributed by atoms with E-state index in [0.717, 1.165) is 22.0 Å². The van der Waals surface area contributed by atoms with Crippen LogP contribution in [0.25, 0.3) is 10.9 Å². The van der Waals surface area contributed by atoms with Crippen molar-refractivity contribution in [3.63, 3.8) is 0 Å². The van der Waals surface area contributed by atoms with Crippen LogP contribution in [0.2, 0.25) is 5.02 Å². The van der Waals surface area contributed by atoms with Gasteiger partial charge in [-0.25, -0.2) is 0 Å². The SMILES string of the molecule is NC(c1cccc(Cl)c1)c1ccc2cccnc2c1. The summed E-state index contributed by atoms with van der Waals surface area (Å²) < 4.78 is 0. The molecule has 0 radical (unpaired) electrons. The second-order valence-electron chi connectivity index (χ2n) is 4.49. The molecule has 1 aromatic heterocycles. The molecule has 94 valence electrons. The number of hydrogen-bond acceptors (Lipinski definition) is 2. The fourth-order valence-electron chi connectivity index (χ4n) is 2.17. The van der Waals surface area contributed by atoms with Crippen molar-refractivity contribution in [3.05, 3.63) is 76.9 Å². The molecule has 3 heteroatoms. The van der Waals surface area contributed by atoms with Crippen molar-refractivity contribution in [2.45, 2.75) is 6.04 Å². The van der Waals surface area contributed by atoms with Crippen LogP contribution < -0.4 is 5.73 Å². The van der Waals surface area contributed by atoms with E-state index >= 15 is 0 Å². The van der Waals surface area contributed by atoms with Crippen LogP contribution >= 0.6 is 11.6 Å². The predicted octanol–water partition coefficient (Wildman–Crippen LogP) is 3.94. The zero-order chi connectivity index (χ0) is 13.2. The summed E-state index contributed by atoms with van der Waals surface area (Å²) in [6.07, 6.45) is 1.79. The summed E-state index contributed by atoms with van der Waals surface area (Å²) in [5, 5.41) is 1.82. The molecule has 0 saturated heterocycles. The zero-order valence-electron chi connectivity index (χ0n) is 10.3. The number of aromatic nitrogens is 1. The third-order valence-corrected chi connectivity index (χ3v) is 3.43. The van der Waals surface area contributed by atoms with Gasteiger partial charge in [-0.15, -0.1) is 0 Å². The van der Waals surface area contributed by atoms with Gasteiger partial charge in [-0.3, -0.25) is 4.98 Å². The Labute approximate surface area is 116 Å². The number of hydrogen-bond donors (Lipinski definition) is 1. The second kappa shape index (κ2) is 5.00. The summed E-state index contributed by atoms with van der Waals surface area (Å²) in [5.41, 5.74) is 9.28. The highest BCUT2D eigenvalue weighted by atomic mass is 35.5. The van der Waals surface area contributed by atoms with Crippen molar-refractivity contribution >= 4 is 22.5 Å².